The Labute approximate surface area is 290 Å². The van der Waals surface area contributed by atoms with E-state index in [-0.39, 0.29) is 5.41 Å². The Hall–Kier alpha value is -5.70. The second kappa shape index (κ2) is 10.7. The molecule has 0 aliphatic heterocycles. The van der Waals surface area contributed by atoms with Crippen molar-refractivity contribution in [1.29, 1.82) is 0 Å². The quantitative estimate of drug-likeness (QED) is 0.184. The van der Waals surface area contributed by atoms with Gasteiger partial charge in [-0.25, -0.2) is 0 Å². The summed E-state index contributed by atoms with van der Waals surface area (Å²) in [5.74, 6) is 0. The van der Waals surface area contributed by atoms with Crippen molar-refractivity contribution in [2.24, 2.45) is 0 Å². The summed E-state index contributed by atoms with van der Waals surface area (Å²) < 4.78 is 2.64. The number of rotatable bonds is 4. The molecule has 232 valence electrons. The molecule has 8 aromatic carbocycles. The summed E-state index contributed by atoms with van der Waals surface area (Å²) in [5, 5.41) is 7.72. The second-order valence-corrected chi connectivity index (χ2v) is 14.8. The summed E-state index contributed by atoms with van der Waals surface area (Å²) in [4.78, 5) is 2.49. The smallest absolute Gasteiger partial charge is 0.0640 e. The Kier molecular flexibility index (Phi) is 6.16. The Morgan fingerprint density at radius 1 is 0.429 bits per heavy atom. The fraction of sp³-hybridized carbons (Fsp3) is 0.0638. The minimum absolute atomic E-state index is 0.0942. The van der Waals surface area contributed by atoms with Gasteiger partial charge in [0.1, 0.15) is 0 Å². The number of nitrogens with zero attached hydrogens (tertiary/aromatic N) is 1. The van der Waals surface area contributed by atoms with Crippen molar-refractivity contribution in [2.75, 3.05) is 4.90 Å². The van der Waals surface area contributed by atoms with Crippen LogP contribution in [0.25, 0.3) is 64.0 Å². The number of benzene rings is 8. The van der Waals surface area contributed by atoms with Crippen LogP contribution in [0.5, 0.6) is 0 Å². The van der Waals surface area contributed by atoms with Crippen molar-refractivity contribution in [3.63, 3.8) is 0 Å². The van der Waals surface area contributed by atoms with E-state index in [0.717, 1.165) is 5.69 Å². The monoisotopic (exact) mass is 643 g/mol. The third-order valence-electron chi connectivity index (χ3n) is 10.6. The van der Waals surface area contributed by atoms with E-state index in [1.807, 2.05) is 11.3 Å². The fourth-order valence-corrected chi connectivity index (χ4v) is 9.48. The van der Waals surface area contributed by atoms with Gasteiger partial charge in [-0.15, -0.1) is 11.3 Å². The topological polar surface area (TPSA) is 3.24 Å². The first-order chi connectivity index (χ1) is 24.0. The van der Waals surface area contributed by atoms with Gasteiger partial charge >= 0.3 is 0 Å². The van der Waals surface area contributed by atoms with Crippen LogP contribution in [0.1, 0.15) is 25.0 Å². The van der Waals surface area contributed by atoms with E-state index in [1.54, 1.807) is 0 Å². The molecular weight excluding hydrogens is 611 g/mol. The lowest BCUT2D eigenvalue weighted by Gasteiger charge is -2.29. The van der Waals surface area contributed by atoms with Crippen LogP contribution in [-0.2, 0) is 5.41 Å². The zero-order valence-electron chi connectivity index (χ0n) is 27.4. The van der Waals surface area contributed by atoms with Crippen molar-refractivity contribution < 1.29 is 0 Å². The second-order valence-electron chi connectivity index (χ2n) is 13.8. The van der Waals surface area contributed by atoms with Crippen molar-refractivity contribution >= 4 is 70.1 Å². The Morgan fingerprint density at radius 3 is 2.02 bits per heavy atom. The maximum Gasteiger partial charge on any atom is 0.0640 e. The van der Waals surface area contributed by atoms with E-state index in [2.05, 4.69) is 183 Å². The van der Waals surface area contributed by atoms with E-state index < -0.39 is 0 Å². The number of hydrogen-bond acceptors (Lipinski definition) is 2. The van der Waals surface area contributed by atoms with Gasteiger partial charge in [-0.1, -0.05) is 141 Å². The standard InChI is InChI=1S/C47H33NS/c1-47(2)42-19-8-7-17-38(42)39-26-24-36(29-43(39)47)48(35-15-9-14-33(28-35)34-22-21-30-11-3-4-13-32(30)27-34)44-20-10-18-40-41-25-23-31-12-5-6-16-37(31)45(41)49-46(40)44/h3-29H,1-2H3. The van der Waals surface area contributed by atoms with Crippen LogP contribution in [0.2, 0.25) is 0 Å². The zero-order valence-corrected chi connectivity index (χ0v) is 28.3. The molecule has 0 fully saturated rings. The largest absolute Gasteiger partial charge is 0.309 e. The van der Waals surface area contributed by atoms with Crippen LogP contribution in [0.4, 0.5) is 17.1 Å². The first-order valence-electron chi connectivity index (χ1n) is 17.0. The first kappa shape index (κ1) is 28.3. The van der Waals surface area contributed by atoms with Crippen LogP contribution >= 0.6 is 11.3 Å². The molecule has 0 N–H and O–H groups in total. The van der Waals surface area contributed by atoms with Crippen LogP contribution in [0.15, 0.2) is 164 Å². The highest BCUT2D eigenvalue weighted by Crippen LogP contribution is 2.52. The minimum Gasteiger partial charge on any atom is -0.309 e. The molecule has 1 heterocycles. The number of thiophene rings is 1. The Balaban J connectivity index is 1.22. The summed E-state index contributed by atoms with van der Waals surface area (Å²) >= 11 is 1.91. The van der Waals surface area contributed by atoms with Gasteiger partial charge in [0.2, 0.25) is 0 Å². The average molecular weight is 644 g/mol. The van der Waals surface area contributed by atoms with Crippen LogP contribution in [0.3, 0.4) is 0 Å². The zero-order chi connectivity index (χ0) is 32.7. The van der Waals surface area contributed by atoms with Gasteiger partial charge in [0.15, 0.2) is 0 Å². The van der Waals surface area contributed by atoms with E-state index in [0.29, 0.717) is 0 Å². The number of fused-ring (bicyclic) bond motifs is 9. The summed E-state index contributed by atoms with van der Waals surface area (Å²) in [7, 11) is 0. The molecule has 2 heteroatoms. The van der Waals surface area contributed by atoms with Crippen LogP contribution in [-0.4, -0.2) is 0 Å². The third kappa shape index (κ3) is 4.31. The average Bonchev–Trinajstić information content (AvgIpc) is 3.65. The molecule has 0 atom stereocenters. The lowest BCUT2D eigenvalue weighted by Crippen LogP contribution is -2.16. The van der Waals surface area contributed by atoms with Crippen molar-refractivity contribution in [3.8, 4) is 22.3 Å². The molecule has 0 amide bonds. The molecule has 0 saturated carbocycles. The van der Waals surface area contributed by atoms with E-state index >= 15 is 0 Å². The summed E-state index contributed by atoms with van der Waals surface area (Å²) in [6.45, 7) is 4.73. The van der Waals surface area contributed by atoms with Gasteiger partial charge in [-0.3, -0.25) is 0 Å². The molecule has 0 bridgehead atoms. The fourth-order valence-electron chi connectivity index (χ4n) is 8.14. The Bertz CT molecular complexity index is 2770. The molecule has 1 aliphatic carbocycles. The van der Waals surface area contributed by atoms with Crippen molar-refractivity contribution in [3.05, 3.63) is 175 Å². The lowest BCUT2D eigenvalue weighted by molar-refractivity contribution is 0.660. The molecule has 10 rings (SSSR count). The van der Waals surface area contributed by atoms with E-state index in [1.165, 1.54) is 86.5 Å². The maximum absolute atomic E-state index is 2.49. The molecule has 0 saturated heterocycles. The van der Waals surface area contributed by atoms with Gasteiger partial charge in [-0.2, -0.15) is 0 Å². The van der Waals surface area contributed by atoms with Gasteiger partial charge in [0.05, 0.1) is 10.4 Å². The Morgan fingerprint density at radius 2 is 1.10 bits per heavy atom. The first-order valence-corrected chi connectivity index (χ1v) is 17.8. The predicted molar refractivity (Wildman–Crippen MR) is 212 cm³/mol. The molecular formula is C47H33NS. The molecule has 1 aliphatic rings. The van der Waals surface area contributed by atoms with E-state index in [9.17, 15) is 0 Å². The number of hydrogen-bond donors (Lipinski definition) is 0. The highest BCUT2D eigenvalue weighted by molar-refractivity contribution is 7.27. The molecule has 9 aromatic rings. The third-order valence-corrected chi connectivity index (χ3v) is 11.9. The molecule has 49 heavy (non-hydrogen) atoms. The van der Waals surface area contributed by atoms with Gasteiger partial charge in [0.25, 0.3) is 0 Å². The molecule has 0 radical (unpaired) electrons. The lowest BCUT2D eigenvalue weighted by atomic mass is 9.82. The highest BCUT2D eigenvalue weighted by Gasteiger charge is 2.36. The minimum atomic E-state index is -0.0942. The molecule has 1 aromatic heterocycles. The van der Waals surface area contributed by atoms with E-state index in [4.69, 9.17) is 0 Å². The number of anilines is 3. The molecule has 0 spiro atoms. The normalized spacial score (nSPS) is 13.3. The molecule has 1 nitrogen and oxygen atoms in total. The highest BCUT2D eigenvalue weighted by atomic mass is 32.1. The summed E-state index contributed by atoms with van der Waals surface area (Å²) in [5.41, 5.74) is 11.3. The van der Waals surface area contributed by atoms with Crippen LogP contribution in [0, 0.1) is 0 Å². The van der Waals surface area contributed by atoms with Crippen LogP contribution < -0.4 is 4.90 Å². The van der Waals surface area contributed by atoms with Crippen molar-refractivity contribution in [1.82, 2.24) is 0 Å². The SMILES string of the molecule is CC1(C)c2ccccc2-c2ccc(N(c3cccc(-c4ccc5ccccc5c4)c3)c3cccc4c3sc3c5ccccc5ccc43)cc21. The van der Waals surface area contributed by atoms with Gasteiger partial charge < -0.3 is 4.90 Å². The van der Waals surface area contributed by atoms with Crippen molar-refractivity contribution in [2.45, 2.75) is 19.3 Å². The van der Waals surface area contributed by atoms with Gasteiger partial charge in [-0.05, 0) is 91.3 Å². The predicted octanol–water partition coefficient (Wildman–Crippen LogP) is 13.8. The van der Waals surface area contributed by atoms with Gasteiger partial charge in [0, 0.05) is 32.3 Å². The maximum atomic E-state index is 2.49. The summed E-state index contributed by atoms with van der Waals surface area (Å²) in [6, 6.07) is 60.6. The molecule has 0 unspecified atom stereocenters. The summed E-state index contributed by atoms with van der Waals surface area (Å²) in [6.07, 6.45) is 0.